The third-order valence-electron chi connectivity index (χ3n) is 5.02. The summed E-state index contributed by atoms with van der Waals surface area (Å²) in [5, 5.41) is 3.84. The summed E-state index contributed by atoms with van der Waals surface area (Å²) in [6.45, 7) is 2.94. The summed E-state index contributed by atoms with van der Waals surface area (Å²) < 4.78 is 36.0. The maximum Gasteiger partial charge on any atom is 0.257 e. The van der Waals surface area contributed by atoms with Crippen LogP contribution in [0.1, 0.15) is 37.5 Å². The Kier molecular flexibility index (Phi) is 6.61. The molecule has 154 valence electrons. The van der Waals surface area contributed by atoms with Gasteiger partial charge >= 0.3 is 0 Å². The molecule has 3 rings (SSSR count). The number of benzene rings is 1. The largest absolute Gasteiger partial charge is 0.484 e. The lowest BCUT2D eigenvalue weighted by Crippen LogP contribution is -2.34. The molecule has 1 aromatic carbocycles. The van der Waals surface area contributed by atoms with Crippen molar-refractivity contribution in [2.75, 3.05) is 32.5 Å². The van der Waals surface area contributed by atoms with Gasteiger partial charge in [-0.15, -0.1) is 0 Å². The number of hydrogen-bond acceptors (Lipinski definition) is 5. The van der Waals surface area contributed by atoms with Gasteiger partial charge in [0.1, 0.15) is 17.1 Å². The van der Waals surface area contributed by atoms with Crippen molar-refractivity contribution in [1.29, 1.82) is 0 Å². The van der Waals surface area contributed by atoms with E-state index < -0.39 is 10.0 Å². The molecule has 1 aliphatic carbocycles. The van der Waals surface area contributed by atoms with Crippen molar-refractivity contribution in [2.45, 2.75) is 39.0 Å². The average molecular weight is 409 g/mol. The number of hydrogen-bond donors (Lipinski definition) is 1. The quantitative estimate of drug-likeness (QED) is 0.644. The molecule has 1 aliphatic rings. The molecular formula is C20H28N2O5S. The molecule has 0 spiro atoms. The zero-order valence-corrected chi connectivity index (χ0v) is 17.3. The summed E-state index contributed by atoms with van der Waals surface area (Å²) in [7, 11) is -3.19. The zero-order valence-electron chi connectivity index (χ0n) is 16.5. The van der Waals surface area contributed by atoms with Crippen molar-refractivity contribution < 1.29 is 22.4 Å². The third kappa shape index (κ3) is 5.05. The molecule has 0 atom stereocenters. The lowest BCUT2D eigenvalue weighted by Gasteiger charge is -2.17. The molecule has 1 N–H and O–H groups in total. The highest BCUT2D eigenvalue weighted by Gasteiger charge is 2.18. The molecule has 28 heavy (non-hydrogen) atoms. The Labute approximate surface area is 166 Å². The molecule has 0 radical (unpaired) electrons. The van der Waals surface area contributed by atoms with Crippen LogP contribution in [0.15, 0.2) is 22.6 Å². The van der Waals surface area contributed by atoms with Crippen LogP contribution in [0, 0.1) is 0 Å². The van der Waals surface area contributed by atoms with E-state index in [4.69, 9.17) is 9.15 Å². The molecule has 0 fully saturated rings. The molecule has 7 nitrogen and oxygen atoms in total. The fraction of sp³-hybridized carbons (Fsp3) is 0.550. The maximum atomic E-state index is 12.0. The second-order valence-electron chi connectivity index (χ2n) is 7.12. The molecule has 0 unspecified atom stereocenters. The first-order valence-corrected chi connectivity index (χ1v) is 11.6. The van der Waals surface area contributed by atoms with Gasteiger partial charge in [-0.1, -0.05) is 6.92 Å². The van der Waals surface area contributed by atoms with Crippen molar-refractivity contribution in [3.05, 3.63) is 29.5 Å². The van der Waals surface area contributed by atoms with Crippen LogP contribution in [0.5, 0.6) is 5.75 Å². The minimum atomic E-state index is -3.19. The number of ether oxygens (including phenoxy) is 1. The number of rotatable bonds is 9. The number of nitrogens with zero attached hydrogens (tertiary/aromatic N) is 1. The summed E-state index contributed by atoms with van der Waals surface area (Å²) in [6, 6.07) is 5.66. The number of fused-ring (bicyclic) bond motifs is 3. The second kappa shape index (κ2) is 8.96. The summed E-state index contributed by atoms with van der Waals surface area (Å²) >= 11 is 0. The Balaban J connectivity index is 1.47. The van der Waals surface area contributed by atoms with Crippen LogP contribution in [-0.4, -0.2) is 51.1 Å². The Morgan fingerprint density at radius 1 is 1.29 bits per heavy atom. The standard InChI is InChI=1S/C20H28N2O5S/c1-3-22(28(2,24)25)12-6-11-21-20(23)14-26-15-9-10-19-17(13-15)16-7-4-5-8-18(16)27-19/h9-10,13H,3-8,11-12,14H2,1-2H3,(H,21,23). The highest BCUT2D eigenvalue weighted by molar-refractivity contribution is 7.88. The van der Waals surface area contributed by atoms with E-state index in [9.17, 15) is 13.2 Å². The SMILES string of the molecule is CCN(CCCNC(=O)COc1ccc2oc3c(c2c1)CCCC3)S(C)(=O)=O. The van der Waals surface area contributed by atoms with Gasteiger partial charge in [0.05, 0.1) is 6.26 Å². The number of furan rings is 1. The van der Waals surface area contributed by atoms with E-state index in [1.54, 1.807) is 6.92 Å². The number of sulfonamides is 1. The monoisotopic (exact) mass is 408 g/mol. The van der Waals surface area contributed by atoms with E-state index >= 15 is 0 Å². The molecule has 0 saturated heterocycles. The van der Waals surface area contributed by atoms with Crippen molar-refractivity contribution in [3.8, 4) is 5.75 Å². The summed E-state index contributed by atoms with van der Waals surface area (Å²) in [5.41, 5.74) is 2.14. The summed E-state index contributed by atoms with van der Waals surface area (Å²) in [4.78, 5) is 12.0. The predicted octanol–water partition coefficient (Wildman–Crippen LogP) is 2.48. The molecule has 0 aliphatic heterocycles. The van der Waals surface area contributed by atoms with Crippen LogP contribution in [0.4, 0.5) is 0 Å². The normalized spacial score (nSPS) is 14.2. The van der Waals surface area contributed by atoms with Crippen LogP contribution in [0.2, 0.25) is 0 Å². The van der Waals surface area contributed by atoms with Gasteiger partial charge in [0.15, 0.2) is 6.61 Å². The number of aryl methyl sites for hydroxylation is 2. The molecule has 1 aromatic heterocycles. The van der Waals surface area contributed by atoms with Gasteiger partial charge in [-0.2, -0.15) is 0 Å². The zero-order chi connectivity index (χ0) is 20.1. The average Bonchev–Trinajstić information content (AvgIpc) is 3.03. The van der Waals surface area contributed by atoms with E-state index in [1.165, 1.54) is 22.5 Å². The molecule has 2 aromatic rings. The van der Waals surface area contributed by atoms with Crippen LogP contribution < -0.4 is 10.1 Å². The minimum Gasteiger partial charge on any atom is -0.484 e. The molecular weight excluding hydrogens is 380 g/mol. The fourth-order valence-corrected chi connectivity index (χ4v) is 4.50. The fourth-order valence-electron chi connectivity index (χ4n) is 3.57. The van der Waals surface area contributed by atoms with Crippen molar-refractivity contribution in [1.82, 2.24) is 9.62 Å². The van der Waals surface area contributed by atoms with Crippen molar-refractivity contribution >= 4 is 26.9 Å². The van der Waals surface area contributed by atoms with Gasteiger partial charge in [-0.3, -0.25) is 4.79 Å². The highest BCUT2D eigenvalue weighted by Crippen LogP contribution is 2.33. The number of carbonyl (C=O) groups is 1. The number of amides is 1. The van der Waals surface area contributed by atoms with Gasteiger partial charge < -0.3 is 14.5 Å². The first-order chi connectivity index (χ1) is 13.4. The smallest absolute Gasteiger partial charge is 0.257 e. The molecule has 8 heteroatoms. The van der Waals surface area contributed by atoms with Crippen LogP contribution in [0.25, 0.3) is 11.0 Å². The first kappa shape index (κ1) is 20.7. The Bertz CT molecular complexity index is 935. The molecule has 1 heterocycles. The number of carbonyl (C=O) groups excluding carboxylic acids is 1. The lowest BCUT2D eigenvalue weighted by atomic mass is 9.96. The van der Waals surface area contributed by atoms with Crippen LogP contribution >= 0.6 is 0 Å². The summed E-state index contributed by atoms with van der Waals surface area (Å²) in [6.07, 6.45) is 6.09. The predicted molar refractivity (Wildman–Crippen MR) is 108 cm³/mol. The summed E-state index contributed by atoms with van der Waals surface area (Å²) in [5.74, 6) is 1.49. The van der Waals surface area contributed by atoms with E-state index in [0.29, 0.717) is 31.8 Å². The first-order valence-electron chi connectivity index (χ1n) is 9.77. The van der Waals surface area contributed by atoms with Crippen molar-refractivity contribution in [3.63, 3.8) is 0 Å². The van der Waals surface area contributed by atoms with E-state index in [2.05, 4.69) is 5.32 Å². The molecule has 0 saturated carbocycles. The van der Waals surface area contributed by atoms with E-state index in [0.717, 1.165) is 36.0 Å². The highest BCUT2D eigenvalue weighted by atomic mass is 32.2. The van der Waals surface area contributed by atoms with E-state index in [-0.39, 0.29) is 12.5 Å². The van der Waals surface area contributed by atoms with Gasteiger partial charge in [0.2, 0.25) is 10.0 Å². The van der Waals surface area contributed by atoms with Crippen molar-refractivity contribution in [2.24, 2.45) is 0 Å². The maximum absolute atomic E-state index is 12.0. The number of nitrogens with one attached hydrogen (secondary N) is 1. The van der Waals surface area contributed by atoms with Crippen LogP contribution in [0.3, 0.4) is 0 Å². The van der Waals surface area contributed by atoms with Crippen LogP contribution in [-0.2, 0) is 27.7 Å². The van der Waals surface area contributed by atoms with Gasteiger partial charge in [0.25, 0.3) is 5.91 Å². The topological polar surface area (TPSA) is 88.8 Å². The second-order valence-corrected chi connectivity index (χ2v) is 9.10. The molecule has 0 bridgehead atoms. The molecule has 1 amide bonds. The van der Waals surface area contributed by atoms with E-state index in [1.807, 2.05) is 18.2 Å². The third-order valence-corrected chi connectivity index (χ3v) is 6.40. The van der Waals surface area contributed by atoms with Gasteiger partial charge in [-0.25, -0.2) is 12.7 Å². The minimum absolute atomic E-state index is 0.0743. The lowest BCUT2D eigenvalue weighted by molar-refractivity contribution is -0.123. The Hall–Kier alpha value is -2.06. The van der Waals surface area contributed by atoms with Gasteiger partial charge in [0, 0.05) is 37.0 Å². The Morgan fingerprint density at radius 2 is 2.07 bits per heavy atom. The Morgan fingerprint density at radius 3 is 2.82 bits per heavy atom. The van der Waals surface area contributed by atoms with Gasteiger partial charge in [-0.05, 0) is 43.9 Å².